The number of hydrogen-bond acceptors (Lipinski definition) is 0. The number of aryl methyl sites for hydroxylation is 1. The topological polar surface area (TPSA) is 0 Å². The fraction of sp³-hybridized carbons (Fsp3) is 0.368. The summed E-state index contributed by atoms with van der Waals surface area (Å²) in [5.41, 5.74) is 9.40. The Morgan fingerprint density at radius 3 is 1.81 bits per heavy atom. The van der Waals surface area contributed by atoms with Gasteiger partial charge in [0.1, 0.15) is 5.82 Å². The average Bonchev–Trinajstić information content (AvgIpc) is 2.45. The van der Waals surface area contributed by atoms with Crippen molar-refractivity contribution in [2.75, 3.05) is 0 Å². The highest BCUT2D eigenvalue weighted by Crippen LogP contribution is 2.39. The Hall–Kier alpha value is -1.15. The van der Waals surface area contributed by atoms with E-state index in [1.54, 1.807) is 6.07 Å². The van der Waals surface area contributed by atoms with Gasteiger partial charge in [0.15, 0.2) is 0 Å². The molecule has 1 atom stereocenters. The van der Waals surface area contributed by atoms with Crippen LogP contribution in [-0.2, 0) is 0 Å². The van der Waals surface area contributed by atoms with Crippen molar-refractivity contribution in [1.82, 2.24) is 0 Å². The molecule has 0 amide bonds. The first kappa shape index (κ1) is 16.2. The Balaban J connectivity index is 2.69. The van der Waals surface area contributed by atoms with Gasteiger partial charge >= 0.3 is 0 Å². The van der Waals surface area contributed by atoms with Gasteiger partial charge < -0.3 is 0 Å². The second-order valence-electron chi connectivity index (χ2n) is 5.93. The largest absolute Gasteiger partial charge is 0.207 e. The standard InChI is InChI=1S/C19H22BrF/c1-10-7-8-17(21)16(9-10)19(20)18-14(5)12(3)11(2)13(4)15(18)6/h7-9,19H,1-6H3. The molecule has 0 aliphatic heterocycles. The molecule has 2 heteroatoms. The van der Waals surface area contributed by atoms with Crippen LogP contribution in [0.25, 0.3) is 0 Å². The maximum Gasteiger partial charge on any atom is 0.127 e. The molecular weight excluding hydrogens is 327 g/mol. The van der Waals surface area contributed by atoms with E-state index in [9.17, 15) is 4.39 Å². The summed E-state index contributed by atoms with van der Waals surface area (Å²) in [6.45, 7) is 12.7. The Morgan fingerprint density at radius 2 is 1.29 bits per heavy atom. The predicted molar refractivity (Wildman–Crippen MR) is 92.0 cm³/mol. The zero-order valence-electron chi connectivity index (χ0n) is 13.6. The molecule has 1 unspecified atom stereocenters. The molecule has 2 aromatic carbocycles. The first-order valence-corrected chi connectivity index (χ1v) is 8.14. The smallest absolute Gasteiger partial charge is 0.127 e. The third kappa shape index (κ3) is 2.78. The molecule has 0 nitrogen and oxygen atoms in total. The van der Waals surface area contributed by atoms with Crippen molar-refractivity contribution in [3.63, 3.8) is 0 Å². The molecule has 0 spiro atoms. The number of halogens is 2. The van der Waals surface area contributed by atoms with Gasteiger partial charge in [-0.1, -0.05) is 33.6 Å². The summed E-state index contributed by atoms with van der Waals surface area (Å²) in [4.78, 5) is -0.115. The van der Waals surface area contributed by atoms with E-state index in [1.165, 1.54) is 33.4 Å². The van der Waals surface area contributed by atoms with E-state index in [1.807, 2.05) is 19.1 Å². The summed E-state index contributed by atoms with van der Waals surface area (Å²) in [7, 11) is 0. The molecule has 0 bridgehead atoms. The quantitative estimate of drug-likeness (QED) is 0.570. The molecule has 0 fully saturated rings. The van der Waals surface area contributed by atoms with Crippen LogP contribution in [-0.4, -0.2) is 0 Å². The lowest BCUT2D eigenvalue weighted by atomic mass is 9.86. The molecule has 0 aliphatic rings. The normalized spacial score (nSPS) is 12.6. The second-order valence-corrected chi connectivity index (χ2v) is 6.84. The zero-order chi connectivity index (χ0) is 15.9. The molecule has 0 heterocycles. The van der Waals surface area contributed by atoms with Gasteiger partial charge in [-0.15, -0.1) is 0 Å². The van der Waals surface area contributed by atoms with Crippen molar-refractivity contribution in [3.05, 3.63) is 68.5 Å². The minimum absolute atomic E-state index is 0.115. The summed E-state index contributed by atoms with van der Waals surface area (Å²) in [5, 5.41) is 0. The van der Waals surface area contributed by atoms with Crippen LogP contribution in [0.5, 0.6) is 0 Å². The van der Waals surface area contributed by atoms with E-state index < -0.39 is 0 Å². The molecule has 0 aromatic heterocycles. The van der Waals surface area contributed by atoms with Crippen LogP contribution in [0.15, 0.2) is 18.2 Å². The van der Waals surface area contributed by atoms with Crippen LogP contribution in [0.2, 0.25) is 0 Å². The molecule has 0 saturated heterocycles. The van der Waals surface area contributed by atoms with Gasteiger partial charge in [-0.3, -0.25) is 0 Å². The fourth-order valence-electron chi connectivity index (χ4n) is 2.92. The van der Waals surface area contributed by atoms with Gasteiger partial charge in [-0.05, 0) is 81.0 Å². The van der Waals surface area contributed by atoms with Gasteiger partial charge in [-0.2, -0.15) is 0 Å². The zero-order valence-corrected chi connectivity index (χ0v) is 15.2. The molecule has 0 radical (unpaired) electrons. The molecule has 0 N–H and O–H groups in total. The van der Waals surface area contributed by atoms with Crippen LogP contribution >= 0.6 is 15.9 Å². The first-order chi connectivity index (χ1) is 9.75. The van der Waals surface area contributed by atoms with E-state index >= 15 is 0 Å². The molecule has 112 valence electrons. The Morgan fingerprint density at radius 1 is 0.810 bits per heavy atom. The van der Waals surface area contributed by atoms with E-state index in [0.29, 0.717) is 5.56 Å². The summed E-state index contributed by atoms with van der Waals surface area (Å²) >= 11 is 3.73. The van der Waals surface area contributed by atoms with Crippen molar-refractivity contribution in [2.45, 2.75) is 46.4 Å². The van der Waals surface area contributed by atoms with Crippen molar-refractivity contribution < 1.29 is 4.39 Å². The molecular formula is C19H22BrF. The second kappa shape index (κ2) is 5.92. The molecule has 2 rings (SSSR count). The molecule has 0 saturated carbocycles. The molecule has 21 heavy (non-hydrogen) atoms. The predicted octanol–water partition coefficient (Wildman–Crippen LogP) is 6.16. The van der Waals surface area contributed by atoms with E-state index in [2.05, 4.69) is 50.5 Å². The van der Waals surface area contributed by atoms with Gasteiger partial charge in [0.05, 0.1) is 4.83 Å². The first-order valence-electron chi connectivity index (χ1n) is 7.22. The summed E-state index contributed by atoms with van der Waals surface area (Å²) < 4.78 is 14.2. The summed E-state index contributed by atoms with van der Waals surface area (Å²) in [6.07, 6.45) is 0. The van der Waals surface area contributed by atoms with Crippen LogP contribution in [0, 0.1) is 47.4 Å². The molecule has 2 aromatic rings. The van der Waals surface area contributed by atoms with Gasteiger partial charge in [-0.25, -0.2) is 4.39 Å². The summed E-state index contributed by atoms with van der Waals surface area (Å²) in [6, 6.07) is 5.29. The SMILES string of the molecule is Cc1ccc(F)c(C(Br)c2c(C)c(C)c(C)c(C)c2C)c1. The van der Waals surface area contributed by atoms with Crippen LogP contribution in [0.1, 0.15) is 49.3 Å². The van der Waals surface area contributed by atoms with Crippen LogP contribution < -0.4 is 0 Å². The minimum atomic E-state index is -0.155. The van der Waals surface area contributed by atoms with Crippen LogP contribution in [0.3, 0.4) is 0 Å². The van der Waals surface area contributed by atoms with E-state index in [4.69, 9.17) is 0 Å². The van der Waals surface area contributed by atoms with Gasteiger partial charge in [0, 0.05) is 5.56 Å². The van der Waals surface area contributed by atoms with Gasteiger partial charge in [0.2, 0.25) is 0 Å². The number of hydrogen-bond donors (Lipinski definition) is 0. The number of rotatable bonds is 2. The highest BCUT2D eigenvalue weighted by Gasteiger charge is 2.22. The maximum atomic E-state index is 14.2. The van der Waals surface area contributed by atoms with Crippen molar-refractivity contribution in [1.29, 1.82) is 0 Å². The third-order valence-corrected chi connectivity index (χ3v) is 5.69. The number of benzene rings is 2. The third-order valence-electron chi connectivity index (χ3n) is 4.74. The van der Waals surface area contributed by atoms with Crippen LogP contribution in [0.4, 0.5) is 4.39 Å². The Kier molecular flexibility index (Phi) is 4.57. The lowest BCUT2D eigenvalue weighted by molar-refractivity contribution is 0.612. The number of alkyl halides is 1. The van der Waals surface area contributed by atoms with Gasteiger partial charge in [0.25, 0.3) is 0 Å². The summed E-state index contributed by atoms with van der Waals surface area (Å²) in [5.74, 6) is -0.155. The Labute approximate surface area is 135 Å². The highest BCUT2D eigenvalue weighted by molar-refractivity contribution is 9.09. The molecule has 0 aliphatic carbocycles. The monoisotopic (exact) mass is 348 g/mol. The van der Waals surface area contributed by atoms with E-state index in [0.717, 1.165) is 5.56 Å². The fourth-order valence-corrected chi connectivity index (χ4v) is 3.96. The highest BCUT2D eigenvalue weighted by atomic mass is 79.9. The lowest BCUT2D eigenvalue weighted by Gasteiger charge is -2.23. The van der Waals surface area contributed by atoms with E-state index in [-0.39, 0.29) is 10.6 Å². The van der Waals surface area contributed by atoms with Crippen molar-refractivity contribution >= 4 is 15.9 Å². The lowest BCUT2D eigenvalue weighted by Crippen LogP contribution is -2.07. The maximum absolute atomic E-state index is 14.2. The average molecular weight is 349 g/mol. The van der Waals surface area contributed by atoms with Crippen molar-refractivity contribution in [3.8, 4) is 0 Å². The Bertz CT molecular complexity index is 672. The van der Waals surface area contributed by atoms with Crippen molar-refractivity contribution in [2.24, 2.45) is 0 Å². The minimum Gasteiger partial charge on any atom is -0.207 e.